The maximum Gasteiger partial charge on any atom is 0.123 e. The van der Waals surface area contributed by atoms with Crippen LogP contribution in [0.15, 0.2) is 18.2 Å². The third kappa shape index (κ3) is 5.16. The van der Waals surface area contributed by atoms with Gasteiger partial charge in [0.25, 0.3) is 0 Å². The molecule has 0 fully saturated rings. The molecule has 2 nitrogen and oxygen atoms in total. The number of methoxy groups -OCH3 is 1. The zero-order valence-electron chi connectivity index (χ0n) is 14.2. The largest absolute Gasteiger partial charge is 0.496 e. The number of nitrogens with one attached hydrogen (secondary N) is 1. The molecule has 114 valence electrons. The van der Waals surface area contributed by atoms with Gasteiger partial charge in [-0.15, -0.1) is 0 Å². The highest BCUT2D eigenvalue weighted by molar-refractivity contribution is 5.39. The molecule has 0 aliphatic rings. The molecule has 20 heavy (non-hydrogen) atoms. The van der Waals surface area contributed by atoms with Gasteiger partial charge in [-0.3, -0.25) is 0 Å². The normalized spacial score (nSPS) is 14.9. The molecular formula is C18H31NO. The number of ether oxygens (including phenoxy) is 1. The smallest absolute Gasteiger partial charge is 0.123 e. The van der Waals surface area contributed by atoms with E-state index >= 15 is 0 Å². The summed E-state index contributed by atoms with van der Waals surface area (Å²) in [4.78, 5) is 0. The molecule has 2 atom stereocenters. The van der Waals surface area contributed by atoms with Crippen LogP contribution in [0.1, 0.15) is 57.7 Å². The average Bonchev–Trinajstić information content (AvgIpc) is 2.33. The van der Waals surface area contributed by atoms with Crippen LogP contribution in [0.4, 0.5) is 0 Å². The van der Waals surface area contributed by atoms with E-state index in [1.807, 2.05) is 7.05 Å². The highest BCUT2D eigenvalue weighted by Gasteiger charge is 2.21. The van der Waals surface area contributed by atoms with Crippen molar-refractivity contribution < 1.29 is 4.74 Å². The first-order valence-corrected chi connectivity index (χ1v) is 7.58. The molecule has 0 aliphatic carbocycles. The van der Waals surface area contributed by atoms with Gasteiger partial charge in [0.05, 0.1) is 7.11 Å². The molecule has 0 bridgehead atoms. The summed E-state index contributed by atoms with van der Waals surface area (Å²) in [7, 11) is 3.79. The number of benzene rings is 1. The molecule has 1 aromatic rings. The second kappa shape index (κ2) is 7.12. The first-order chi connectivity index (χ1) is 9.26. The van der Waals surface area contributed by atoms with Gasteiger partial charge in [0.1, 0.15) is 5.75 Å². The van der Waals surface area contributed by atoms with Crippen molar-refractivity contribution in [1.82, 2.24) is 5.32 Å². The lowest BCUT2D eigenvalue weighted by Gasteiger charge is -2.27. The summed E-state index contributed by atoms with van der Waals surface area (Å²) in [6, 6.07) is 6.77. The minimum absolute atomic E-state index is 0.349. The van der Waals surface area contributed by atoms with E-state index < -0.39 is 0 Å². The highest BCUT2D eigenvalue weighted by atomic mass is 16.5. The van der Waals surface area contributed by atoms with Crippen LogP contribution < -0.4 is 10.1 Å². The van der Waals surface area contributed by atoms with Crippen molar-refractivity contribution >= 4 is 0 Å². The van der Waals surface area contributed by atoms with Gasteiger partial charge in [-0.25, -0.2) is 0 Å². The van der Waals surface area contributed by atoms with Crippen LogP contribution in [0.2, 0.25) is 0 Å². The van der Waals surface area contributed by atoms with Crippen molar-refractivity contribution in [3.05, 3.63) is 29.3 Å². The van der Waals surface area contributed by atoms with Crippen LogP contribution in [0.25, 0.3) is 0 Å². The van der Waals surface area contributed by atoms with Crippen molar-refractivity contribution in [2.45, 2.75) is 53.5 Å². The maximum atomic E-state index is 5.53. The fourth-order valence-electron chi connectivity index (χ4n) is 3.06. The molecule has 0 amide bonds. The molecule has 0 saturated heterocycles. The van der Waals surface area contributed by atoms with Gasteiger partial charge in [0.15, 0.2) is 0 Å². The molecule has 0 heterocycles. The lowest BCUT2D eigenvalue weighted by molar-refractivity contribution is 0.277. The Kier molecular flexibility index (Phi) is 6.07. The van der Waals surface area contributed by atoms with Gasteiger partial charge in [-0.05, 0) is 44.2 Å². The van der Waals surface area contributed by atoms with Crippen LogP contribution >= 0.6 is 0 Å². The first kappa shape index (κ1) is 17.0. The molecule has 2 heteroatoms. The van der Waals surface area contributed by atoms with Crippen LogP contribution in [-0.2, 0) is 0 Å². The average molecular weight is 277 g/mol. The third-order valence-electron chi connectivity index (χ3n) is 3.71. The number of aryl methyl sites for hydroxylation is 1. The Morgan fingerprint density at radius 2 is 1.90 bits per heavy atom. The van der Waals surface area contributed by atoms with Crippen molar-refractivity contribution in [3.8, 4) is 5.75 Å². The monoisotopic (exact) mass is 277 g/mol. The Morgan fingerprint density at radius 3 is 2.40 bits per heavy atom. The lowest BCUT2D eigenvalue weighted by Crippen LogP contribution is -2.22. The third-order valence-corrected chi connectivity index (χ3v) is 3.71. The summed E-state index contributed by atoms with van der Waals surface area (Å²) in [6.45, 7) is 11.4. The Balaban J connectivity index is 2.88. The van der Waals surface area contributed by atoms with Crippen LogP contribution in [0.5, 0.6) is 5.75 Å². The molecule has 0 aromatic heterocycles. The second-order valence-electron chi connectivity index (χ2n) is 7.19. The van der Waals surface area contributed by atoms with Crippen molar-refractivity contribution in [3.63, 3.8) is 0 Å². The van der Waals surface area contributed by atoms with Gasteiger partial charge >= 0.3 is 0 Å². The van der Waals surface area contributed by atoms with Gasteiger partial charge in [-0.2, -0.15) is 0 Å². The van der Waals surface area contributed by atoms with Gasteiger partial charge < -0.3 is 10.1 Å². The maximum absolute atomic E-state index is 5.53. The zero-order valence-corrected chi connectivity index (χ0v) is 14.2. The van der Waals surface area contributed by atoms with E-state index in [0.29, 0.717) is 17.4 Å². The Labute approximate surface area is 124 Å². The Hall–Kier alpha value is -1.02. The van der Waals surface area contributed by atoms with Crippen LogP contribution in [-0.4, -0.2) is 14.2 Å². The van der Waals surface area contributed by atoms with E-state index in [2.05, 4.69) is 58.1 Å². The summed E-state index contributed by atoms with van der Waals surface area (Å²) < 4.78 is 5.53. The lowest BCUT2D eigenvalue weighted by atomic mass is 9.82. The summed E-state index contributed by atoms with van der Waals surface area (Å²) in [6.07, 6.45) is 2.37. The minimum Gasteiger partial charge on any atom is -0.496 e. The number of hydrogen-bond donors (Lipinski definition) is 1. The van der Waals surface area contributed by atoms with Crippen molar-refractivity contribution in [1.29, 1.82) is 0 Å². The van der Waals surface area contributed by atoms with Gasteiger partial charge in [-0.1, -0.05) is 45.4 Å². The van der Waals surface area contributed by atoms with Gasteiger partial charge in [0.2, 0.25) is 0 Å². The topological polar surface area (TPSA) is 21.3 Å². The Morgan fingerprint density at radius 1 is 1.25 bits per heavy atom. The fraction of sp³-hybridized carbons (Fsp3) is 0.667. The standard InChI is InChI=1S/C18H31NO/c1-13-8-9-17(20-7)15(10-13)16(19-6)11-14(2)12-18(3,4)5/h8-10,14,16,19H,11-12H2,1-7H3. The molecule has 1 rings (SSSR count). The molecule has 0 saturated carbocycles. The molecule has 0 radical (unpaired) electrons. The van der Waals surface area contributed by atoms with E-state index in [0.717, 1.165) is 12.2 Å². The SMILES string of the molecule is CNC(CC(C)CC(C)(C)C)c1cc(C)ccc1OC. The quantitative estimate of drug-likeness (QED) is 0.812. The summed E-state index contributed by atoms with van der Waals surface area (Å²) in [5.41, 5.74) is 2.94. The first-order valence-electron chi connectivity index (χ1n) is 7.58. The molecular weight excluding hydrogens is 246 g/mol. The Bertz CT molecular complexity index is 420. The molecule has 1 N–H and O–H groups in total. The predicted octanol–water partition coefficient (Wildman–Crippen LogP) is 4.73. The minimum atomic E-state index is 0.349. The van der Waals surface area contributed by atoms with Crippen LogP contribution in [0.3, 0.4) is 0 Å². The summed E-state index contributed by atoms with van der Waals surface area (Å²) in [5, 5.41) is 3.46. The van der Waals surface area contributed by atoms with E-state index in [1.165, 1.54) is 17.5 Å². The molecule has 2 unspecified atom stereocenters. The fourth-order valence-corrected chi connectivity index (χ4v) is 3.06. The summed E-state index contributed by atoms with van der Waals surface area (Å²) in [5.74, 6) is 1.66. The molecule has 0 aliphatic heterocycles. The van der Waals surface area contributed by atoms with E-state index in [9.17, 15) is 0 Å². The molecule has 1 aromatic carbocycles. The highest BCUT2D eigenvalue weighted by Crippen LogP contribution is 2.34. The number of hydrogen-bond acceptors (Lipinski definition) is 2. The van der Waals surface area contributed by atoms with Crippen LogP contribution in [0, 0.1) is 18.3 Å². The van der Waals surface area contributed by atoms with Gasteiger partial charge in [0, 0.05) is 11.6 Å². The predicted molar refractivity (Wildman–Crippen MR) is 87.4 cm³/mol. The van der Waals surface area contributed by atoms with Crippen molar-refractivity contribution in [2.24, 2.45) is 11.3 Å². The van der Waals surface area contributed by atoms with E-state index in [4.69, 9.17) is 4.74 Å². The number of rotatable bonds is 6. The molecule has 0 spiro atoms. The second-order valence-corrected chi connectivity index (χ2v) is 7.19. The van der Waals surface area contributed by atoms with E-state index in [-0.39, 0.29) is 0 Å². The van der Waals surface area contributed by atoms with E-state index in [1.54, 1.807) is 7.11 Å². The summed E-state index contributed by atoms with van der Waals surface area (Å²) >= 11 is 0. The zero-order chi connectivity index (χ0) is 15.3. The van der Waals surface area contributed by atoms with Crippen molar-refractivity contribution in [2.75, 3.05) is 14.2 Å².